The predicted octanol–water partition coefficient (Wildman–Crippen LogP) is 4.07. The van der Waals surface area contributed by atoms with E-state index in [-0.39, 0.29) is 24.6 Å². The quantitative estimate of drug-likeness (QED) is 0.547. The van der Waals surface area contributed by atoms with Gasteiger partial charge in [-0.1, -0.05) is 35.5 Å². The number of amides is 1. The Labute approximate surface area is 182 Å². The second kappa shape index (κ2) is 8.85. The summed E-state index contributed by atoms with van der Waals surface area (Å²) in [5, 5.41) is 12.4. The highest BCUT2D eigenvalue weighted by Crippen LogP contribution is 2.34. The van der Waals surface area contributed by atoms with E-state index in [0.717, 1.165) is 0 Å². The molecule has 1 aliphatic heterocycles. The fourth-order valence-electron chi connectivity index (χ4n) is 2.89. The minimum absolute atomic E-state index is 0.163. The summed E-state index contributed by atoms with van der Waals surface area (Å²) in [5.74, 6) is 2.51. The maximum atomic E-state index is 12.3. The molecule has 0 radical (unpaired) electrons. The molecule has 10 heteroatoms. The average Bonchev–Trinajstić information content (AvgIpc) is 3.34. The molecule has 8 nitrogen and oxygen atoms in total. The van der Waals surface area contributed by atoms with E-state index in [2.05, 4.69) is 15.5 Å². The lowest BCUT2D eigenvalue weighted by molar-refractivity contribution is -0.113. The molecule has 1 aromatic heterocycles. The number of thioether (sulfide) groups is 1. The first-order chi connectivity index (χ1) is 14.5. The van der Waals surface area contributed by atoms with Crippen molar-refractivity contribution in [3.8, 4) is 17.2 Å². The molecule has 0 saturated carbocycles. The van der Waals surface area contributed by atoms with E-state index in [4.69, 9.17) is 25.8 Å². The van der Waals surface area contributed by atoms with Gasteiger partial charge in [0.15, 0.2) is 28.6 Å². The monoisotopic (exact) mass is 446 g/mol. The molecule has 1 N–H and O–H groups in total. The van der Waals surface area contributed by atoms with Crippen molar-refractivity contribution in [2.24, 2.45) is 7.05 Å². The van der Waals surface area contributed by atoms with Gasteiger partial charge in [-0.25, -0.2) is 0 Å². The fourth-order valence-corrected chi connectivity index (χ4v) is 3.79. The first-order valence-electron chi connectivity index (χ1n) is 9.14. The third-order valence-electron chi connectivity index (χ3n) is 4.36. The van der Waals surface area contributed by atoms with Crippen molar-refractivity contribution in [3.63, 3.8) is 0 Å². The van der Waals surface area contributed by atoms with Gasteiger partial charge >= 0.3 is 0 Å². The molecule has 0 aliphatic carbocycles. The Morgan fingerprint density at radius 1 is 1.27 bits per heavy atom. The molecular weight excluding hydrogens is 428 g/mol. The van der Waals surface area contributed by atoms with Gasteiger partial charge in [0.25, 0.3) is 0 Å². The van der Waals surface area contributed by atoms with Crippen LogP contribution in [0.1, 0.15) is 18.9 Å². The summed E-state index contributed by atoms with van der Waals surface area (Å²) in [5.41, 5.74) is 0.644. The van der Waals surface area contributed by atoms with Gasteiger partial charge in [0.05, 0.1) is 10.8 Å². The molecule has 1 unspecified atom stereocenters. The van der Waals surface area contributed by atoms with Gasteiger partial charge in [-0.3, -0.25) is 4.79 Å². The van der Waals surface area contributed by atoms with Crippen molar-refractivity contribution >= 4 is 35.0 Å². The number of hydrogen-bond acceptors (Lipinski definition) is 7. The molecule has 1 amide bonds. The number of ether oxygens (including phenoxy) is 3. The lowest BCUT2D eigenvalue weighted by Gasteiger charge is -2.15. The number of fused-ring (bicyclic) bond motifs is 1. The molecule has 2 aromatic carbocycles. The van der Waals surface area contributed by atoms with Crippen LogP contribution in [0.3, 0.4) is 0 Å². The van der Waals surface area contributed by atoms with Gasteiger partial charge in [0.2, 0.25) is 12.7 Å². The second-order valence-corrected chi connectivity index (χ2v) is 7.84. The largest absolute Gasteiger partial charge is 0.481 e. The van der Waals surface area contributed by atoms with Crippen molar-refractivity contribution in [2.75, 3.05) is 17.9 Å². The van der Waals surface area contributed by atoms with E-state index in [0.29, 0.717) is 38.9 Å². The average molecular weight is 447 g/mol. The summed E-state index contributed by atoms with van der Waals surface area (Å²) in [4.78, 5) is 12.3. The Morgan fingerprint density at radius 3 is 2.90 bits per heavy atom. The number of aromatic nitrogens is 3. The Morgan fingerprint density at radius 2 is 2.07 bits per heavy atom. The van der Waals surface area contributed by atoms with E-state index < -0.39 is 0 Å². The van der Waals surface area contributed by atoms with Gasteiger partial charge in [0.1, 0.15) is 5.75 Å². The molecule has 30 heavy (non-hydrogen) atoms. The molecule has 0 fully saturated rings. The van der Waals surface area contributed by atoms with E-state index in [1.54, 1.807) is 34.9 Å². The Balaban J connectivity index is 1.34. The van der Waals surface area contributed by atoms with Crippen LogP contribution < -0.4 is 19.5 Å². The summed E-state index contributed by atoms with van der Waals surface area (Å²) < 4.78 is 18.3. The predicted molar refractivity (Wildman–Crippen MR) is 113 cm³/mol. The van der Waals surface area contributed by atoms with Crippen molar-refractivity contribution in [3.05, 3.63) is 53.3 Å². The normalized spacial score (nSPS) is 13.2. The van der Waals surface area contributed by atoms with Gasteiger partial charge in [-0.2, -0.15) is 0 Å². The first-order valence-corrected chi connectivity index (χ1v) is 10.5. The summed E-state index contributed by atoms with van der Waals surface area (Å²) in [6, 6.07) is 12.5. The molecule has 2 heterocycles. The zero-order chi connectivity index (χ0) is 21.1. The van der Waals surface area contributed by atoms with Gasteiger partial charge in [0, 0.05) is 18.8 Å². The van der Waals surface area contributed by atoms with Crippen LogP contribution >= 0.6 is 23.4 Å². The van der Waals surface area contributed by atoms with Crippen molar-refractivity contribution < 1.29 is 19.0 Å². The van der Waals surface area contributed by atoms with Crippen LogP contribution in [0, 0.1) is 0 Å². The van der Waals surface area contributed by atoms with Crippen LogP contribution in [-0.2, 0) is 11.8 Å². The standard InChI is InChI=1S/C20H19ClN4O4S/c1-12(29-15-6-4-3-5-14(15)21)19-23-24-20(25(19)2)30-10-18(26)22-13-7-8-16-17(9-13)28-11-27-16/h3-9,12H,10-11H2,1-2H3,(H,22,26). The Kier molecular flexibility index (Phi) is 6.01. The van der Waals surface area contributed by atoms with Crippen LogP contribution in [0.5, 0.6) is 17.2 Å². The SMILES string of the molecule is CC(Oc1ccccc1Cl)c1nnc(SCC(=O)Nc2ccc3c(c2)OCO3)n1C. The number of benzene rings is 2. The van der Waals surface area contributed by atoms with E-state index in [1.165, 1.54) is 11.8 Å². The number of anilines is 1. The number of para-hydroxylation sites is 1. The minimum atomic E-state index is -0.362. The summed E-state index contributed by atoms with van der Waals surface area (Å²) >= 11 is 7.44. The Hall–Kier alpha value is -2.91. The Bertz CT molecular complexity index is 1070. The third-order valence-corrected chi connectivity index (χ3v) is 5.69. The van der Waals surface area contributed by atoms with Crippen LogP contribution in [-0.4, -0.2) is 33.2 Å². The van der Waals surface area contributed by atoms with Crippen molar-refractivity contribution in [1.29, 1.82) is 0 Å². The number of hydrogen-bond donors (Lipinski definition) is 1. The van der Waals surface area contributed by atoms with E-state index in [1.807, 2.05) is 26.1 Å². The highest BCUT2D eigenvalue weighted by Gasteiger charge is 2.19. The van der Waals surface area contributed by atoms with Gasteiger partial charge in [-0.15, -0.1) is 10.2 Å². The lowest BCUT2D eigenvalue weighted by atomic mass is 10.3. The maximum Gasteiger partial charge on any atom is 0.234 e. The number of nitrogens with one attached hydrogen (secondary N) is 1. The number of halogens is 1. The summed E-state index contributed by atoms with van der Waals surface area (Å²) in [6.07, 6.45) is -0.362. The van der Waals surface area contributed by atoms with E-state index >= 15 is 0 Å². The molecule has 1 atom stereocenters. The number of nitrogens with zero attached hydrogens (tertiary/aromatic N) is 3. The van der Waals surface area contributed by atoms with Crippen molar-refractivity contribution in [1.82, 2.24) is 14.8 Å². The molecule has 3 aromatic rings. The molecule has 4 rings (SSSR count). The van der Waals surface area contributed by atoms with Crippen LogP contribution in [0.4, 0.5) is 5.69 Å². The van der Waals surface area contributed by atoms with Gasteiger partial charge in [-0.05, 0) is 31.2 Å². The molecule has 0 bridgehead atoms. The van der Waals surface area contributed by atoms with E-state index in [9.17, 15) is 4.79 Å². The molecule has 0 spiro atoms. The highest BCUT2D eigenvalue weighted by molar-refractivity contribution is 7.99. The first kappa shape index (κ1) is 20.4. The lowest BCUT2D eigenvalue weighted by Crippen LogP contribution is -2.15. The fraction of sp³-hybridized carbons (Fsp3) is 0.250. The topological polar surface area (TPSA) is 87.5 Å². The molecular formula is C20H19ClN4O4S. The van der Waals surface area contributed by atoms with Crippen LogP contribution in [0.25, 0.3) is 0 Å². The van der Waals surface area contributed by atoms with Crippen LogP contribution in [0.15, 0.2) is 47.6 Å². The van der Waals surface area contributed by atoms with Crippen molar-refractivity contribution in [2.45, 2.75) is 18.2 Å². The number of carbonyl (C=O) groups excluding carboxylic acids is 1. The zero-order valence-electron chi connectivity index (χ0n) is 16.3. The second-order valence-electron chi connectivity index (χ2n) is 6.50. The smallest absolute Gasteiger partial charge is 0.234 e. The highest BCUT2D eigenvalue weighted by atomic mass is 35.5. The molecule has 0 saturated heterocycles. The van der Waals surface area contributed by atoms with Gasteiger partial charge < -0.3 is 24.1 Å². The van der Waals surface area contributed by atoms with Crippen LogP contribution in [0.2, 0.25) is 5.02 Å². The summed E-state index contributed by atoms with van der Waals surface area (Å²) in [6.45, 7) is 2.06. The molecule has 1 aliphatic rings. The summed E-state index contributed by atoms with van der Waals surface area (Å²) in [7, 11) is 1.83. The number of rotatable bonds is 7. The third kappa shape index (κ3) is 4.47. The zero-order valence-corrected chi connectivity index (χ0v) is 17.9. The molecule has 156 valence electrons. The number of carbonyl (C=O) groups is 1. The minimum Gasteiger partial charge on any atom is -0.481 e. The maximum absolute atomic E-state index is 12.3.